The van der Waals surface area contributed by atoms with E-state index in [9.17, 15) is 9.59 Å². The number of carbonyl (C=O) groups excluding carboxylic acids is 2. The topological polar surface area (TPSA) is 64.6 Å². The zero-order chi connectivity index (χ0) is 21.9. The average Bonchev–Trinajstić information content (AvgIpc) is 3.04. The molecule has 1 aromatic carbocycles. The number of hydrogen-bond acceptors (Lipinski definition) is 5. The van der Waals surface area contributed by atoms with Gasteiger partial charge in [0.05, 0.1) is 12.2 Å². The van der Waals surface area contributed by atoms with Gasteiger partial charge >= 0.3 is 5.97 Å². The molecule has 0 radical (unpaired) electrons. The minimum atomic E-state index is -0.377. The molecule has 1 aliphatic carbocycles. The molecule has 1 aromatic heterocycles. The number of thiophene rings is 1. The number of benzene rings is 1. The van der Waals surface area contributed by atoms with Gasteiger partial charge in [-0.15, -0.1) is 11.3 Å². The standard InChI is InChI=1S/C23H28ClNO4S/c1-5-28-22(27)20-17-11-6-14(23(2,3)4)12-18(17)30-21(20)25-19(26)13-29-16-9-7-15(24)8-10-16/h7-10,14H,5-6,11-13H2,1-4H3,(H,25,26)/t14-/m0/s1. The third-order valence-corrected chi connectivity index (χ3v) is 6.83. The Bertz CT molecular complexity index is 915. The Morgan fingerprint density at radius 3 is 2.57 bits per heavy atom. The number of halogens is 1. The Balaban J connectivity index is 1.77. The van der Waals surface area contributed by atoms with Crippen LogP contribution >= 0.6 is 22.9 Å². The van der Waals surface area contributed by atoms with Crippen LogP contribution in [0, 0.1) is 11.3 Å². The van der Waals surface area contributed by atoms with Crippen molar-refractivity contribution >= 4 is 39.8 Å². The summed E-state index contributed by atoms with van der Waals surface area (Å²) >= 11 is 7.35. The fourth-order valence-corrected chi connectivity index (χ4v) is 5.13. The number of rotatable bonds is 6. The summed E-state index contributed by atoms with van der Waals surface area (Å²) in [7, 11) is 0. The number of nitrogens with one attached hydrogen (secondary N) is 1. The van der Waals surface area contributed by atoms with Crippen LogP contribution in [0.5, 0.6) is 5.75 Å². The lowest BCUT2D eigenvalue weighted by Crippen LogP contribution is -2.26. The first-order valence-corrected chi connectivity index (χ1v) is 11.4. The quantitative estimate of drug-likeness (QED) is 0.570. The number of ether oxygens (including phenoxy) is 2. The Hall–Kier alpha value is -2.05. The summed E-state index contributed by atoms with van der Waals surface area (Å²) in [5.74, 6) is 0.397. The molecule has 0 spiro atoms. The van der Waals surface area contributed by atoms with Crippen molar-refractivity contribution in [3.05, 3.63) is 45.3 Å². The zero-order valence-corrected chi connectivity index (χ0v) is 19.4. The van der Waals surface area contributed by atoms with Gasteiger partial charge in [-0.3, -0.25) is 4.79 Å². The molecule has 1 amide bonds. The van der Waals surface area contributed by atoms with E-state index in [0.717, 1.165) is 29.7 Å². The van der Waals surface area contributed by atoms with Gasteiger partial charge in [0, 0.05) is 9.90 Å². The van der Waals surface area contributed by atoms with E-state index in [1.54, 1.807) is 31.2 Å². The van der Waals surface area contributed by atoms with Gasteiger partial charge in [0.15, 0.2) is 6.61 Å². The molecular formula is C23H28ClNO4S. The Morgan fingerprint density at radius 2 is 1.93 bits per heavy atom. The smallest absolute Gasteiger partial charge is 0.341 e. The zero-order valence-electron chi connectivity index (χ0n) is 17.8. The third kappa shape index (κ3) is 5.35. The van der Waals surface area contributed by atoms with Crippen LogP contribution in [0.1, 0.15) is 54.9 Å². The minimum Gasteiger partial charge on any atom is -0.484 e. The second-order valence-corrected chi connectivity index (χ2v) is 10.1. The highest BCUT2D eigenvalue weighted by atomic mass is 35.5. The number of fused-ring (bicyclic) bond motifs is 1. The molecule has 3 rings (SSSR count). The van der Waals surface area contributed by atoms with E-state index in [1.165, 1.54) is 11.3 Å². The van der Waals surface area contributed by atoms with E-state index in [-0.39, 0.29) is 23.9 Å². The molecule has 0 aliphatic heterocycles. The molecule has 1 N–H and O–H groups in total. The number of esters is 1. The van der Waals surface area contributed by atoms with Gasteiger partial charge in [0.1, 0.15) is 10.8 Å². The normalized spacial score (nSPS) is 16.0. The van der Waals surface area contributed by atoms with Gasteiger partial charge in [-0.2, -0.15) is 0 Å². The molecular weight excluding hydrogens is 422 g/mol. The monoisotopic (exact) mass is 449 g/mol. The van der Waals surface area contributed by atoms with E-state index >= 15 is 0 Å². The second kappa shape index (κ2) is 9.40. The van der Waals surface area contributed by atoms with E-state index in [0.29, 0.717) is 33.9 Å². The van der Waals surface area contributed by atoms with Crippen LogP contribution < -0.4 is 10.1 Å². The van der Waals surface area contributed by atoms with E-state index in [1.807, 2.05) is 0 Å². The maximum absolute atomic E-state index is 12.7. The first-order chi connectivity index (χ1) is 14.2. The largest absolute Gasteiger partial charge is 0.484 e. The van der Waals surface area contributed by atoms with Crippen molar-refractivity contribution in [2.75, 3.05) is 18.5 Å². The summed E-state index contributed by atoms with van der Waals surface area (Å²) in [5, 5.41) is 4.02. The van der Waals surface area contributed by atoms with Crippen molar-refractivity contribution in [3.63, 3.8) is 0 Å². The lowest BCUT2D eigenvalue weighted by molar-refractivity contribution is -0.118. The maximum atomic E-state index is 12.7. The van der Waals surface area contributed by atoms with Gasteiger partial charge in [0.25, 0.3) is 5.91 Å². The highest BCUT2D eigenvalue weighted by Gasteiger charge is 2.34. The molecule has 1 atom stereocenters. The summed E-state index contributed by atoms with van der Waals surface area (Å²) < 4.78 is 10.8. The number of hydrogen-bond donors (Lipinski definition) is 1. The molecule has 1 heterocycles. The predicted molar refractivity (Wildman–Crippen MR) is 121 cm³/mol. The second-order valence-electron chi connectivity index (χ2n) is 8.52. The van der Waals surface area contributed by atoms with Crippen molar-refractivity contribution in [3.8, 4) is 5.75 Å². The number of anilines is 1. The van der Waals surface area contributed by atoms with E-state index in [2.05, 4.69) is 26.1 Å². The summed E-state index contributed by atoms with van der Waals surface area (Å²) in [6.07, 6.45) is 2.75. The van der Waals surface area contributed by atoms with Crippen LogP contribution in [-0.4, -0.2) is 25.1 Å². The summed E-state index contributed by atoms with van der Waals surface area (Å²) in [6, 6.07) is 6.81. The average molecular weight is 450 g/mol. The molecule has 0 bridgehead atoms. The number of amides is 1. The Kier molecular flexibility index (Phi) is 7.09. The first kappa shape index (κ1) is 22.6. The van der Waals surface area contributed by atoms with Crippen LogP contribution in [-0.2, 0) is 22.4 Å². The van der Waals surface area contributed by atoms with Gasteiger partial charge in [-0.1, -0.05) is 32.4 Å². The van der Waals surface area contributed by atoms with Crippen molar-refractivity contribution in [2.24, 2.45) is 11.3 Å². The van der Waals surface area contributed by atoms with Gasteiger partial charge in [-0.25, -0.2) is 4.79 Å². The fourth-order valence-electron chi connectivity index (χ4n) is 3.67. The Labute approximate surface area is 186 Å². The van der Waals surface area contributed by atoms with Crippen molar-refractivity contribution in [2.45, 2.75) is 47.0 Å². The Morgan fingerprint density at radius 1 is 1.23 bits per heavy atom. The summed E-state index contributed by atoms with van der Waals surface area (Å²) in [4.78, 5) is 26.3. The summed E-state index contributed by atoms with van der Waals surface area (Å²) in [6.45, 7) is 8.67. The van der Waals surface area contributed by atoms with Crippen molar-refractivity contribution in [1.82, 2.24) is 0 Å². The lowest BCUT2D eigenvalue weighted by Gasteiger charge is -2.33. The van der Waals surface area contributed by atoms with Gasteiger partial charge in [-0.05, 0) is 67.3 Å². The highest BCUT2D eigenvalue weighted by molar-refractivity contribution is 7.17. The van der Waals surface area contributed by atoms with Crippen LogP contribution in [0.15, 0.2) is 24.3 Å². The fraction of sp³-hybridized carbons (Fsp3) is 0.478. The van der Waals surface area contributed by atoms with Gasteiger partial charge < -0.3 is 14.8 Å². The molecule has 1 aliphatic rings. The van der Waals surface area contributed by atoms with Crippen LogP contribution in [0.2, 0.25) is 5.02 Å². The van der Waals surface area contributed by atoms with Crippen LogP contribution in [0.25, 0.3) is 0 Å². The first-order valence-electron chi connectivity index (χ1n) is 10.2. The van der Waals surface area contributed by atoms with Crippen LogP contribution in [0.3, 0.4) is 0 Å². The molecule has 0 fully saturated rings. The SMILES string of the molecule is CCOC(=O)c1c(NC(=O)COc2ccc(Cl)cc2)sc2c1CC[C@H](C(C)(C)C)C2. The maximum Gasteiger partial charge on any atom is 0.341 e. The number of carbonyl (C=O) groups is 2. The van der Waals surface area contributed by atoms with Crippen molar-refractivity contribution < 1.29 is 19.1 Å². The molecule has 0 saturated heterocycles. The molecule has 7 heteroatoms. The molecule has 2 aromatic rings. The third-order valence-electron chi connectivity index (χ3n) is 5.41. The molecule has 0 saturated carbocycles. The highest BCUT2D eigenvalue weighted by Crippen LogP contribution is 2.44. The molecule has 0 unspecified atom stereocenters. The molecule has 5 nitrogen and oxygen atoms in total. The van der Waals surface area contributed by atoms with Gasteiger partial charge in [0.2, 0.25) is 0 Å². The predicted octanol–water partition coefficient (Wildman–Crippen LogP) is 5.75. The lowest BCUT2D eigenvalue weighted by atomic mass is 9.72. The molecule has 30 heavy (non-hydrogen) atoms. The molecule has 162 valence electrons. The van der Waals surface area contributed by atoms with E-state index in [4.69, 9.17) is 21.1 Å². The van der Waals surface area contributed by atoms with Crippen LogP contribution in [0.4, 0.5) is 5.00 Å². The minimum absolute atomic E-state index is 0.156. The summed E-state index contributed by atoms with van der Waals surface area (Å²) in [5.41, 5.74) is 1.72. The van der Waals surface area contributed by atoms with E-state index < -0.39 is 0 Å². The van der Waals surface area contributed by atoms with Crippen molar-refractivity contribution in [1.29, 1.82) is 0 Å².